The Hall–Kier alpha value is -2.57. The second kappa shape index (κ2) is 7.81. The maximum Gasteiger partial charge on any atom is 0.247 e. The maximum absolute atomic E-state index is 5.33. The molecule has 0 saturated carbocycles. The molecule has 1 aromatic heterocycles. The van der Waals surface area contributed by atoms with Crippen LogP contribution in [0.2, 0.25) is 0 Å². The molecule has 2 heterocycles. The minimum atomic E-state index is 0.623. The second-order valence-corrected chi connectivity index (χ2v) is 5.73. The molecule has 0 unspecified atom stereocenters. The summed E-state index contributed by atoms with van der Waals surface area (Å²) >= 11 is 0. The molecule has 0 bridgehead atoms. The zero-order chi connectivity index (χ0) is 16.8. The van der Waals surface area contributed by atoms with E-state index in [-0.39, 0.29) is 0 Å². The highest BCUT2D eigenvalue weighted by Crippen LogP contribution is 2.27. The molecule has 0 spiro atoms. The third kappa shape index (κ3) is 3.84. The van der Waals surface area contributed by atoms with Gasteiger partial charge >= 0.3 is 0 Å². The predicted molar refractivity (Wildman–Crippen MR) is 92.8 cm³/mol. The monoisotopic (exact) mass is 329 g/mol. The summed E-state index contributed by atoms with van der Waals surface area (Å²) in [6, 6.07) is 5.84. The molecule has 128 valence electrons. The summed E-state index contributed by atoms with van der Waals surface area (Å²) in [7, 11) is 3.26. The summed E-state index contributed by atoms with van der Waals surface area (Å²) in [5.74, 6) is 2.86. The van der Waals surface area contributed by atoms with E-state index in [0.717, 1.165) is 30.2 Å². The van der Waals surface area contributed by atoms with Gasteiger partial charge in [0.1, 0.15) is 0 Å². The van der Waals surface area contributed by atoms with Crippen LogP contribution in [0.15, 0.2) is 24.4 Å². The topological polar surface area (TPSA) is 72.4 Å². The van der Waals surface area contributed by atoms with Crippen LogP contribution in [0.1, 0.15) is 24.8 Å². The van der Waals surface area contributed by atoms with Crippen molar-refractivity contribution in [2.45, 2.75) is 25.8 Å². The largest absolute Gasteiger partial charge is 0.493 e. The van der Waals surface area contributed by atoms with Gasteiger partial charge in [-0.3, -0.25) is 0 Å². The van der Waals surface area contributed by atoms with Gasteiger partial charge in [0.05, 0.1) is 20.4 Å². The lowest BCUT2D eigenvalue weighted by atomic mass is 10.1. The first-order valence-corrected chi connectivity index (χ1v) is 8.19. The standard InChI is InChI=1S/C17H23N5O2/c1-23-14-7-6-13(10-15(14)24-2)11-18-16-12-19-21-17(20-16)22-8-4-3-5-9-22/h6-7,10,12H,3-5,8-9,11H2,1-2H3,(H,18,20,21). The molecule has 1 saturated heterocycles. The van der Waals surface area contributed by atoms with Crippen molar-refractivity contribution >= 4 is 11.8 Å². The van der Waals surface area contributed by atoms with Gasteiger partial charge in [-0.25, -0.2) is 0 Å². The molecule has 0 radical (unpaired) electrons. The summed E-state index contributed by atoms with van der Waals surface area (Å²) < 4.78 is 10.6. The smallest absolute Gasteiger partial charge is 0.247 e. The van der Waals surface area contributed by atoms with E-state index in [0.29, 0.717) is 18.2 Å². The molecular formula is C17H23N5O2. The Kier molecular flexibility index (Phi) is 5.30. The number of hydrogen-bond donors (Lipinski definition) is 1. The third-order valence-electron chi connectivity index (χ3n) is 4.11. The molecule has 1 aliphatic rings. The molecule has 0 amide bonds. The summed E-state index contributed by atoms with van der Waals surface area (Å²) in [6.07, 6.45) is 5.30. The number of benzene rings is 1. The Morgan fingerprint density at radius 1 is 1.08 bits per heavy atom. The van der Waals surface area contributed by atoms with Crippen LogP contribution in [0.4, 0.5) is 11.8 Å². The van der Waals surface area contributed by atoms with E-state index in [9.17, 15) is 0 Å². The fraction of sp³-hybridized carbons (Fsp3) is 0.471. The molecule has 1 aromatic carbocycles. The molecule has 7 heteroatoms. The normalized spacial score (nSPS) is 14.3. The zero-order valence-corrected chi connectivity index (χ0v) is 14.2. The van der Waals surface area contributed by atoms with Crippen molar-refractivity contribution in [3.8, 4) is 11.5 Å². The van der Waals surface area contributed by atoms with E-state index in [2.05, 4.69) is 25.4 Å². The van der Waals surface area contributed by atoms with Crippen molar-refractivity contribution < 1.29 is 9.47 Å². The number of aromatic nitrogens is 3. The average molecular weight is 329 g/mol. The van der Waals surface area contributed by atoms with Crippen molar-refractivity contribution in [1.82, 2.24) is 15.2 Å². The van der Waals surface area contributed by atoms with Gasteiger partial charge in [0.15, 0.2) is 17.3 Å². The van der Waals surface area contributed by atoms with E-state index >= 15 is 0 Å². The van der Waals surface area contributed by atoms with E-state index in [1.807, 2.05) is 18.2 Å². The number of nitrogens with one attached hydrogen (secondary N) is 1. The molecular weight excluding hydrogens is 306 g/mol. The summed E-state index contributed by atoms with van der Waals surface area (Å²) in [5, 5.41) is 11.5. The van der Waals surface area contributed by atoms with Gasteiger partial charge in [0.25, 0.3) is 0 Å². The van der Waals surface area contributed by atoms with Crippen LogP contribution >= 0.6 is 0 Å². The highest BCUT2D eigenvalue weighted by Gasteiger charge is 2.14. The molecule has 0 aliphatic carbocycles. The maximum atomic E-state index is 5.33. The first-order chi connectivity index (χ1) is 11.8. The Bertz CT molecular complexity index is 674. The molecule has 0 atom stereocenters. The molecule has 2 aromatic rings. The van der Waals surface area contributed by atoms with Gasteiger partial charge < -0.3 is 19.7 Å². The molecule has 1 N–H and O–H groups in total. The van der Waals surface area contributed by atoms with Crippen LogP contribution in [0.5, 0.6) is 11.5 Å². The van der Waals surface area contributed by atoms with E-state index in [4.69, 9.17) is 9.47 Å². The van der Waals surface area contributed by atoms with E-state index in [1.54, 1.807) is 20.4 Å². The molecule has 7 nitrogen and oxygen atoms in total. The minimum Gasteiger partial charge on any atom is -0.493 e. The lowest BCUT2D eigenvalue weighted by Crippen LogP contribution is -2.31. The Labute approximate surface area is 142 Å². The van der Waals surface area contributed by atoms with Crippen molar-refractivity contribution in [1.29, 1.82) is 0 Å². The van der Waals surface area contributed by atoms with Crippen molar-refractivity contribution in [2.24, 2.45) is 0 Å². The van der Waals surface area contributed by atoms with E-state index < -0.39 is 0 Å². The van der Waals surface area contributed by atoms with E-state index in [1.165, 1.54) is 19.3 Å². The average Bonchev–Trinajstić information content (AvgIpc) is 2.67. The summed E-state index contributed by atoms with van der Waals surface area (Å²) in [4.78, 5) is 6.77. The first-order valence-electron chi connectivity index (χ1n) is 8.19. The third-order valence-corrected chi connectivity index (χ3v) is 4.11. The fourth-order valence-electron chi connectivity index (χ4n) is 2.79. The van der Waals surface area contributed by atoms with Crippen molar-refractivity contribution in [3.63, 3.8) is 0 Å². The predicted octanol–water partition coefficient (Wildman–Crippen LogP) is 2.49. The summed E-state index contributed by atoms with van der Waals surface area (Å²) in [5.41, 5.74) is 1.07. The SMILES string of the molecule is COc1ccc(CNc2cnnc(N3CCCCC3)n2)cc1OC. The highest BCUT2D eigenvalue weighted by atomic mass is 16.5. The van der Waals surface area contributed by atoms with Gasteiger partial charge in [0.2, 0.25) is 5.95 Å². The summed E-state index contributed by atoms with van der Waals surface area (Å²) in [6.45, 7) is 2.63. The molecule has 3 rings (SSSR count). The quantitative estimate of drug-likeness (QED) is 0.873. The van der Waals surface area contributed by atoms with Gasteiger partial charge in [-0.15, -0.1) is 5.10 Å². The number of nitrogens with zero attached hydrogens (tertiary/aromatic N) is 4. The van der Waals surface area contributed by atoms with Gasteiger partial charge in [-0.1, -0.05) is 6.07 Å². The molecule has 24 heavy (non-hydrogen) atoms. The molecule has 1 fully saturated rings. The fourth-order valence-corrected chi connectivity index (χ4v) is 2.79. The zero-order valence-electron chi connectivity index (χ0n) is 14.2. The van der Waals surface area contributed by atoms with Crippen LogP contribution in [0.3, 0.4) is 0 Å². The van der Waals surface area contributed by atoms with Crippen LogP contribution in [0, 0.1) is 0 Å². The lowest BCUT2D eigenvalue weighted by molar-refractivity contribution is 0.354. The van der Waals surface area contributed by atoms with Crippen molar-refractivity contribution in [3.05, 3.63) is 30.0 Å². The highest BCUT2D eigenvalue weighted by molar-refractivity contribution is 5.45. The van der Waals surface area contributed by atoms with Gasteiger partial charge in [-0.2, -0.15) is 10.1 Å². The Balaban J connectivity index is 1.66. The van der Waals surface area contributed by atoms with Gasteiger partial charge in [-0.05, 0) is 37.0 Å². The van der Waals surface area contributed by atoms with Crippen molar-refractivity contribution in [2.75, 3.05) is 37.5 Å². The molecule has 1 aliphatic heterocycles. The number of rotatable bonds is 6. The van der Waals surface area contributed by atoms with Crippen LogP contribution in [-0.4, -0.2) is 42.5 Å². The number of hydrogen-bond acceptors (Lipinski definition) is 7. The van der Waals surface area contributed by atoms with Crippen LogP contribution in [0.25, 0.3) is 0 Å². The Morgan fingerprint density at radius 2 is 1.88 bits per heavy atom. The second-order valence-electron chi connectivity index (χ2n) is 5.73. The van der Waals surface area contributed by atoms with Crippen LogP contribution < -0.4 is 19.7 Å². The van der Waals surface area contributed by atoms with Gasteiger partial charge in [0, 0.05) is 19.6 Å². The Morgan fingerprint density at radius 3 is 2.62 bits per heavy atom. The number of ether oxygens (including phenoxy) is 2. The number of anilines is 2. The van der Waals surface area contributed by atoms with Crippen LogP contribution in [-0.2, 0) is 6.54 Å². The minimum absolute atomic E-state index is 0.623. The lowest BCUT2D eigenvalue weighted by Gasteiger charge is -2.26. The first kappa shape index (κ1) is 16.3. The number of piperidine rings is 1. The number of methoxy groups -OCH3 is 2.